The van der Waals surface area contributed by atoms with Crippen LogP contribution in [-0.4, -0.2) is 23.0 Å². The molecule has 1 unspecified atom stereocenters. The first kappa shape index (κ1) is 32.5. The molecular formula is C39H37BrN2O4. The van der Waals surface area contributed by atoms with Gasteiger partial charge in [0.15, 0.2) is 0 Å². The Labute approximate surface area is 278 Å². The van der Waals surface area contributed by atoms with Crippen LogP contribution in [0.4, 0.5) is 5.69 Å². The van der Waals surface area contributed by atoms with Crippen molar-refractivity contribution < 1.29 is 19.4 Å². The van der Waals surface area contributed by atoms with Gasteiger partial charge < -0.3 is 20.5 Å². The van der Waals surface area contributed by atoms with E-state index in [0.29, 0.717) is 17.8 Å². The van der Waals surface area contributed by atoms with Gasteiger partial charge in [-0.25, -0.2) is 4.79 Å². The molecule has 0 aromatic heterocycles. The summed E-state index contributed by atoms with van der Waals surface area (Å²) in [5, 5.41) is 16.1. The third kappa shape index (κ3) is 8.43. The van der Waals surface area contributed by atoms with Crippen molar-refractivity contribution in [3.63, 3.8) is 0 Å². The van der Waals surface area contributed by atoms with E-state index in [1.807, 2.05) is 91.0 Å². The highest BCUT2D eigenvalue weighted by Crippen LogP contribution is 2.33. The molecule has 1 atom stereocenters. The van der Waals surface area contributed by atoms with E-state index in [9.17, 15) is 14.7 Å². The van der Waals surface area contributed by atoms with Crippen LogP contribution in [0, 0.1) is 0 Å². The van der Waals surface area contributed by atoms with Crippen LogP contribution >= 0.6 is 15.9 Å². The summed E-state index contributed by atoms with van der Waals surface area (Å²) in [5.74, 6) is -0.118. The predicted octanol–water partition coefficient (Wildman–Crippen LogP) is 9.24. The van der Waals surface area contributed by atoms with Crippen LogP contribution in [0.3, 0.4) is 0 Å². The van der Waals surface area contributed by atoms with Crippen molar-refractivity contribution in [3.8, 4) is 22.6 Å². The molecule has 1 amide bonds. The Kier molecular flexibility index (Phi) is 10.2. The number of nitrogens with one attached hydrogen (secondary N) is 2. The Morgan fingerprint density at radius 2 is 1.46 bits per heavy atom. The van der Waals surface area contributed by atoms with Gasteiger partial charge in [-0.15, -0.1) is 0 Å². The van der Waals surface area contributed by atoms with Crippen LogP contribution in [0.15, 0.2) is 126 Å². The van der Waals surface area contributed by atoms with Crippen LogP contribution in [0.25, 0.3) is 11.1 Å². The lowest BCUT2D eigenvalue weighted by molar-refractivity contribution is -0.139. The van der Waals surface area contributed by atoms with Crippen molar-refractivity contribution in [2.24, 2.45) is 0 Å². The highest BCUT2D eigenvalue weighted by Gasteiger charge is 2.23. The molecule has 0 aliphatic carbocycles. The highest BCUT2D eigenvalue weighted by atomic mass is 79.9. The topological polar surface area (TPSA) is 87.7 Å². The van der Waals surface area contributed by atoms with Gasteiger partial charge in [0.1, 0.15) is 17.5 Å². The number of benzene rings is 5. The fraction of sp³-hybridized carbons (Fsp3) is 0.179. The zero-order chi connectivity index (χ0) is 32.7. The Morgan fingerprint density at radius 1 is 0.804 bits per heavy atom. The third-order valence-corrected chi connectivity index (χ3v) is 8.19. The van der Waals surface area contributed by atoms with Gasteiger partial charge in [-0.3, -0.25) is 4.79 Å². The molecule has 0 bridgehead atoms. The van der Waals surface area contributed by atoms with Gasteiger partial charge in [0.2, 0.25) is 0 Å². The van der Waals surface area contributed by atoms with Gasteiger partial charge in [0, 0.05) is 28.7 Å². The molecule has 5 rings (SSSR count). The maximum atomic E-state index is 13.5. The van der Waals surface area contributed by atoms with Crippen molar-refractivity contribution in [2.45, 2.75) is 45.2 Å². The second kappa shape index (κ2) is 14.5. The molecule has 0 spiro atoms. The molecule has 0 radical (unpaired) electrons. The zero-order valence-electron chi connectivity index (χ0n) is 26.1. The molecule has 7 heteroatoms. The lowest BCUT2D eigenvalue weighted by Gasteiger charge is -2.20. The van der Waals surface area contributed by atoms with Gasteiger partial charge in [-0.2, -0.15) is 0 Å². The van der Waals surface area contributed by atoms with E-state index in [1.165, 1.54) is 5.56 Å². The molecule has 0 heterocycles. The van der Waals surface area contributed by atoms with Crippen molar-refractivity contribution in [3.05, 3.63) is 148 Å². The number of rotatable bonds is 11. The van der Waals surface area contributed by atoms with Crippen LogP contribution in [0.5, 0.6) is 11.5 Å². The van der Waals surface area contributed by atoms with Crippen LogP contribution in [0.2, 0.25) is 0 Å². The molecule has 3 N–H and O–H groups in total. The van der Waals surface area contributed by atoms with Crippen molar-refractivity contribution >= 4 is 33.5 Å². The number of amides is 1. The Bertz CT molecular complexity index is 1800. The van der Waals surface area contributed by atoms with Gasteiger partial charge in [-0.05, 0) is 64.1 Å². The monoisotopic (exact) mass is 676 g/mol. The summed E-state index contributed by atoms with van der Waals surface area (Å²) in [6.07, 6.45) is 0.125. The molecule has 0 fully saturated rings. The Hall–Kier alpha value is -4.88. The summed E-state index contributed by atoms with van der Waals surface area (Å²) in [6.45, 7) is 7.04. The Balaban J connectivity index is 1.27. The number of hydrogen-bond donors (Lipinski definition) is 3. The maximum absolute atomic E-state index is 13.5. The summed E-state index contributed by atoms with van der Waals surface area (Å²) >= 11 is 3.45. The average molecular weight is 678 g/mol. The number of carbonyl (C=O) groups is 2. The minimum Gasteiger partial charge on any atom is -0.480 e. The summed E-state index contributed by atoms with van der Waals surface area (Å²) in [6, 6.07) is 37.6. The van der Waals surface area contributed by atoms with Crippen LogP contribution < -0.4 is 15.4 Å². The van der Waals surface area contributed by atoms with E-state index in [0.717, 1.165) is 38.2 Å². The van der Waals surface area contributed by atoms with Crippen LogP contribution in [-0.2, 0) is 23.2 Å². The average Bonchev–Trinajstić information content (AvgIpc) is 3.04. The zero-order valence-corrected chi connectivity index (χ0v) is 27.7. The number of aliphatic carboxylic acids is 1. The van der Waals surface area contributed by atoms with Gasteiger partial charge in [0.25, 0.3) is 5.91 Å². The van der Waals surface area contributed by atoms with Crippen molar-refractivity contribution in [1.29, 1.82) is 0 Å². The van der Waals surface area contributed by atoms with E-state index in [1.54, 1.807) is 6.07 Å². The molecule has 5 aromatic carbocycles. The quantitative estimate of drug-likeness (QED) is 0.130. The fourth-order valence-corrected chi connectivity index (χ4v) is 5.44. The van der Waals surface area contributed by atoms with E-state index in [4.69, 9.17) is 4.74 Å². The first-order valence-corrected chi connectivity index (χ1v) is 15.9. The largest absolute Gasteiger partial charge is 0.480 e. The summed E-state index contributed by atoms with van der Waals surface area (Å²) in [4.78, 5) is 25.7. The number of hydrogen-bond acceptors (Lipinski definition) is 4. The minimum absolute atomic E-state index is 0.0640. The van der Waals surface area contributed by atoms with E-state index in [2.05, 4.69) is 71.6 Å². The number of carbonyl (C=O) groups excluding carboxylic acids is 1. The van der Waals surface area contributed by atoms with Gasteiger partial charge in [0.05, 0.1) is 5.56 Å². The maximum Gasteiger partial charge on any atom is 0.326 e. The van der Waals surface area contributed by atoms with E-state index in [-0.39, 0.29) is 11.8 Å². The minimum atomic E-state index is -1.12. The number of halogens is 1. The summed E-state index contributed by atoms with van der Waals surface area (Å²) in [5.41, 5.74) is 5.99. The van der Waals surface area contributed by atoms with Crippen molar-refractivity contribution in [1.82, 2.24) is 5.32 Å². The first-order valence-electron chi connectivity index (χ1n) is 15.1. The molecule has 0 saturated carbocycles. The predicted molar refractivity (Wildman–Crippen MR) is 188 cm³/mol. The Morgan fingerprint density at radius 3 is 2.13 bits per heavy atom. The SMILES string of the molecule is CC(C)(C)c1ccc(CNc2ccc(Br)cc2C(=O)NC(Cc2ccc(-c3ccccc3Oc3ccccc3)cc2)C(=O)O)cc1. The number of anilines is 1. The van der Waals surface area contributed by atoms with Crippen LogP contribution in [0.1, 0.15) is 47.8 Å². The number of carboxylic acids is 1. The fourth-order valence-electron chi connectivity index (χ4n) is 5.08. The molecule has 6 nitrogen and oxygen atoms in total. The molecular weight excluding hydrogens is 640 g/mol. The molecule has 0 aliphatic heterocycles. The lowest BCUT2D eigenvalue weighted by Crippen LogP contribution is -2.42. The molecule has 0 aliphatic rings. The number of ether oxygens (including phenoxy) is 1. The lowest BCUT2D eigenvalue weighted by atomic mass is 9.87. The highest BCUT2D eigenvalue weighted by molar-refractivity contribution is 9.10. The molecule has 0 saturated heterocycles. The smallest absolute Gasteiger partial charge is 0.326 e. The molecule has 5 aromatic rings. The number of carboxylic acid groups (broad SMARTS) is 1. The van der Waals surface area contributed by atoms with E-state index < -0.39 is 17.9 Å². The summed E-state index contributed by atoms with van der Waals surface area (Å²) < 4.78 is 6.84. The van der Waals surface area contributed by atoms with Gasteiger partial charge in [-0.1, -0.05) is 122 Å². The molecule has 234 valence electrons. The summed E-state index contributed by atoms with van der Waals surface area (Å²) in [7, 11) is 0. The molecule has 46 heavy (non-hydrogen) atoms. The number of para-hydroxylation sites is 2. The second-order valence-electron chi connectivity index (χ2n) is 12.2. The van der Waals surface area contributed by atoms with Crippen molar-refractivity contribution in [2.75, 3.05) is 5.32 Å². The van der Waals surface area contributed by atoms with Gasteiger partial charge >= 0.3 is 5.97 Å². The normalized spacial score (nSPS) is 11.8. The first-order chi connectivity index (χ1) is 22.1. The standard InChI is InChI=1S/C39H37BrN2O4/c1-39(2,3)29-19-15-27(16-20-29)25-41-34-22-21-30(40)24-33(34)37(43)42-35(38(44)45)23-26-13-17-28(18-14-26)32-11-7-8-12-36(32)46-31-9-5-4-6-10-31/h4-22,24,35,41H,23,25H2,1-3H3,(H,42,43)(H,44,45). The third-order valence-electron chi connectivity index (χ3n) is 7.70. The second-order valence-corrected chi connectivity index (χ2v) is 13.1. The van der Waals surface area contributed by atoms with E-state index >= 15 is 0 Å².